The van der Waals surface area contributed by atoms with Gasteiger partial charge in [0.2, 0.25) is 11.9 Å². The Morgan fingerprint density at radius 2 is 1.86 bits per heavy atom. The van der Waals surface area contributed by atoms with Crippen LogP contribution in [0.4, 0.5) is 11.9 Å². The summed E-state index contributed by atoms with van der Waals surface area (Å²) in [5.74, 6) is 7.62. The minimum Gasteiger partial charge on any atom is -0.341 e. The van der Waals surface area contributed by atoms with E-state index in [1.54, 1.807) is 4.68 Å². The Morgan fingerprint density at radius 3 is 2.57 bits per heavy atom. The van der Waals surface area contributed by atoms with E-state index in [2.05, 4.69) is 30.4 Å². The van der Waals surface area contributed by atoms with E-state index < -0.39 is 0 Å². The van der Waals surface area contributed by atoms with Crippen molar-refractivity contribution in [2.75, 3.05) is 23.4 Å². The summed E-state index contributed by atoms with van der Waals surface area (Å²) >= 11 is 0. The van der Waals surface area contributed by atoms with Crippen LogP contribution in [0, 0.1) is 0 Å². The number of nitrogens with zero attached hydrogens (tertiary/aromatic N) is 6. The highest BCUT2D eigenvalue weighted by atomic mass is 15.4. The van der Waals surface area contributed by atoms with Crippen LogP contribution in [0.2, 0.25) is 0 Å². The molecule has 0 unspecified atom stereocenters. The molecule has 1 saturated carbocycles. The molecule has 110 valence electrons. The Hall–Kier alpha value is -2.22. The van der Waals surface area contributed by atoms with Crippen LogP contribution in [0.3, 0.4) is 0 Å². The first kappa shape index (κ1) is 12.5. The monoisotopic (exact) mass is 286 g/mol. The van der Waals surface area contributed by atoms with Gasteiger partial charge in [-0.05, 0) is 31.7 Å². The second-order valence-electron chi connectivity index (χ2n) is 5.56. The molecule has 3 heterocycles. The first-order valence-corrected chi connectivity index (χ1v) is 7.37. The second kappa shape index (κ2) is 4.96. The number of anilines is 2. The molecule has 8 nitrogen and oxygen atoms in total. The van der Waals surface area contributed by atoms with Crippen molar-refractivity contribution < 1.29 is 0 Å². The lowest BCUT2D eigenvalue weighted by Gasteiger charge is -2.16. The molecule has 2 aliphatic rings. The van der Waals surface area contributed by atoms with E-state index in [-0.39, 0.29) is 0 Å². The SMILES string of the molecule is NNc1nc(N2CCCC2)nc(-n2ccc(C3CC3)n2)n1. The number of hydrogen-bond donors (Lipinski definition) is 2. The maximum atomic E-state index is 5.48. The topological polar surface area (TPSA) is 97.8 Å². The van der Waals surface area contributed by atoms with E-state index >= 15 is 0 Å². The van der Waals surface area contributed by atoms with Gasteiger partial charge in [-0.25, -0.2) is 10.5 Å². The Kier molecular flexibility index (Phi) is 2.95. The third kappa shape index (κ3) is 2.42. The average molecular weight is 286 g/mol. The molecule has 4 rings (SSSR count). The van der Waals surface area contributed by atoms with Crippen LogP contribution < -0.4 is 16.2 Å². The summed E-state index contributed by atoms with van der Waals surface area (Å²) in [6.07, 6.45) is 6.68. The number of hydrogen-bond acceptors (Lipinski definition) is 7. The third-order valence-electron chi connectivity index (χ3n) is 3.94. The fraction of sp³-hybridized carbons (Fsp3) is 0.538. The number of aromatic nitrogens is 5. The fourth-order valence-corrected chi connectivity index (χ4v) is 2.63. The highest BCUT2D eigenvalue weighted by Crippen LogP contribution is 2.38. The number of hydrazine groups is 1. The van der Waals surface area contributed by atoms with Gasteiger partial charge in [0.05, 0.1) is 5.69 Å². The summed E-state index contributed by atoms with van der Waals surface area (Å²) in [5, 5.41) is 4.56. The normalized spacial score (nSPS) is 18.2. The molecule has 0 atom stereocenters. The molecule has 0 radical (unpaired) electrons. The highest BCUT2D eigenvalue weighted by Gasteiger charge is 2.26. The van der Waals surface area contributed by atoms with Gasteiger partial charge < -0.3 is 4.90 Å². The van der Waals surface area contributed by atoms with Crippen LogP contribution in [0.25, 0.3) is 5.95 Å². The van der Waals surface area contributed by atoms with Crippen molar-refractivity contribution in [1.29, 1.82) is 0 Å². The maximum Gasteiger partial charge on any atom is 0.257 e. The predicted octanol–water partition coefficient (Wildman–Crippen LogP) is 0.820. The van der Waals surface area contributed by atoms with Gasteiger partial charge in [0.1, 0.15) is 0 Å². The molecular formula is C13H18N8. The fourth-order valence-electron chi connectivity index (χ4n) is 2.63. The van der Waals surface area contributed by atoms with Gasteiger partial charge in [-0.1, -0.05) is 0 Å². The van der Waals surface area contributed by atoms with Gasteiger partial charge in [0.15, 0.2) is 0 Å². The number of nitrogen functional groups attached to an aromatic ring is 1. The third-order valence-corrected chi connectivity index (χ3v) is 3.94. The predicted molar refractivity (Wildman–Crippen MR) is 78.2 cm³/mol. The summed E-state index contributed by atoms with van der Waals surface area (Å²) in [4.78, 5) is 15.3. The first-order valence-electron chi connectivity index (χ1n) is 7.37. The lowest BCUT2D eigenvalue weighted by molar-refractivity contribution is 0.762. The molecule has 0 spiro atoms. The summed E-state index contributed by atoms with van der Waals surface area (Å²) < 4.78 is 1.70. The highest BCUT2D eigenvalue weighted by molar-refractivity contribution is 5.40. The van der Waals surface area contributed by atoms with E-state index in [4.69, 9.17) is 5.84 Å². The second-order valence-corrected chi connectivity index (χ2v) is 5.56. The zero-order valence-electron chi connectivity index (χ0n) is 11.7. The molecule has 1 aliphatic heterocycles. The van der Waals surface area contributed by atoms with Crippen LogP contribution >= 0.6 is 0 Å². The van der Waals surface area contributed by atoms with Crippen LogP contribution in [-0.2, 0) is 0 Å². The van der Waals surface area contributed by atoms with Crippen LogP contribution in [0.5, 0.6) is 0 Å². The van der Waals surface area contributed by atoms with Gasteiger partial charge in [-0.2, -0.15) is 20.1 Å². The summed E-state index contributed by atoms with van der Waals surface area (Å²) in [6, 6.07) is 2.03. The van der Waals surface area contributed by atoms with Gasteiger partial charge >= 0.3 is 0 Å². The minimum atomic E-state index is 0.366. The lowest BCUT2D eigenvalue weighted by atomic mass is 10.3. The number of rotatable bonds is 4. The molecule has 3 N–H and O–H groups in total. The van der Waals surface area contributed by atoms with Crippen molar-refractivity contribution in [2.45, 2.75) is 31.6 Å². The molecule has 1 saturated heterocycles. The average Bonchev–Trinajstić information content (AvgIpc) is 3.05. The number of nitrogens with two attached hydrogens (primary N) is 1. The molecule has 0 aromatic carbocycles. The van der Waals surface area contributed by atoms with Crippen LogP contribution in [0.15, 0.2) is 12.3 Å². The van der Waals surface area contributed by atoms with Crippen molar-refractivity contribution >= 4 is 11.9 Å². The van der Waals surface area contributed by atoms with E-state index in [0.29, 0.717) is 23.8 Å². The van der Waals surface area contributed by atoms with Gasteiger partial charge in [0.25, 0.3) is 5.95 Å². The van der Waals surface area contributed by atoms with E-state index in [1.165, 1.54) is 25.7 Å². The van der Waals surface area contributed by atoms with E-state index in [9.17, 15) is 0 Å². The molecule has 8 heteroatoms. The molecular weight excluding hydrogens is 268 g/mol. The Balaban J connectivity index is 1.70. The van der Waals surface area contributed by atoms with Crippen molar-refractivity contribution in [3.63, 3.8) is 0 Å². The molecule has 1 aliphatic carbocycles. The summed E-state index contributed by atoms with van der Waals surface area (Å²) in [7, 11) is 0. The molecule has 2 aromatic rings. The number of nitrogens with one attached hydrogen (secondary N) is 1. The van der Waals surface area contributed by atoms with Gasteiger partial charge in [-0.3, -0.25) is 5.43 Å². The van der Waals surface area contributed by atoms with Crippen molar-refractivity contribution in [3.05, 3.63) is 18.0 Å². The van der Waals surface area contributed by atoms with Crippen LogP contribution in [0.1, 0.15) is 37.3 Å². The first-order chi connectivity index (χ1) is 10.3. The van der Waals surface area contributed by atoms with Crippen molar-refractivity contribution in [3.8, 4) is 5.95 Å². The zero-order chi connectivity index (χ0) is 14.2. The van der Waals surface area contributed by atoms with E-state index in [1.807, 2.05) is 12.3 Å². The van der Waals surface area contributed by atoms with Crippen LogP contribution in [-0.4, -0.2) is 37.8 Å². The minimum absolute atomic E-state index is 0.366. The maximum absolute atomic E-state index is 5.48. The molecule has 21 heavy (non-hydrogen) atoms. The standard InChI is InChI=1S/C13H18N8/c14-18-11-15-12(20-6-1-2-7-20)17-13(16-11)21-8-5-10(19-21)9-3-4-9/h5,8-9H,1-4,6-7,14H2,(H,15,16,17,18). The smallest absolute Gasteiger partial charge is 0.257 e. The Morgan fingerprint density at radius 1 is 1.10 bits per heavy atom. The largest absolute Gasteiger partial charge is 0.341 e. The van der Waals surface area contributed by atoms with Crippen molar-refractivity contribution in [1.82, 2.24) is 24.7 Å². The molecule has 2 fully saturated rings. The molecule has 0 amide bonds. The van der Waals surface area contributed by atoms with Gasteiger partial charge in [0, 0.05) is 25.2 Å². The zero-order valence-corrected chi connectivity index (χ0v) is 11.7. The summed E-state index contributed by atoms with van der Waals surface area (Å²) in [6.45, 7) is 1.94. The lowest BCUT2D eigenvalue weighted by Crippen LogP contribution is -2.23. The Labute approximate surface area is 122 Å². The quantitative estimate of drug-likeness (QED) is 0.634. The molecule has 2 aromatic heterocycles. The van der Waals surface area contributed by atoms with Crippen molar-refractivity contribution in [2.24, 2.45) is 5.84 Å². The van der Waals surface area contributed by atoms with E-state index in [0.717, 1.165) is 18.8 Å². The summed E-state index contributed by atoms with van der Waals surface area (Å²) in [5.41, 5.74) is 3.62. The Bertz CT molecular complexity index is 641. The molecule has 0 bridgehead atoms. The van der Waals surface area contributed by atoms with Gasteiger partial charge in [-0.15, -0.1) is 0 Å².